The summed E-state index contributed by atoms with van der Waals surface area (Å²) in [6, 6.07) is 7.59. The SMILES string of the molecule is CCSc1nc(N)nc(-c2ccc3c(c2)OCO3)c1C#N. The number of fused-ring (bicyclic) bond motifs is 1. The normalized spacial score (nSPS) is 12.2. The molecule has 21 heavy (non-hydrogen) atoms. The summed E-state index contributed by atoms with van der Waals surface area (Å²) in [5.74, 6) is 2.27. The molecule has 106 valence electrons. The average Bonchev–Trinajstić information content (AvgIpc) is 2.94. The highest BCUT2D eigenvalue weighted by Crippen LogP contribution is 2.37. The Balaban J connectivity index is 2.15. The van der Waals surface area contributed by atoms with Crippen LogP contribution in [0.5, 0.6) is 11.5 Å². The van der Waals surface area contributed by atoms with Gasteiger partial charge in [0.1, 0.15) is 16.7 Å². The molecule has 0 saturated heterocycles. The van der Waals surface area contributed by atoms with Crippen molar-refractivity contribution in [2.45, 2.75) is 11.9 Å². The van der Waals surface area contributed by atoms with Crippen LogP contribution >= 0.6 is 11.8 Å². The highest BCUT2D eigenvalue weighted by atomic mass is 32.2. The van der Waals surface area contributed by atoms with E-state index in [9.17, 15) is 5.26 Å². The van der Waals surface area contributed by atoms with E-state index < -0.39 is 0 Å². The molecular formula is C14H12N4O2S. The zero-order valence-electron chi connectivity index (χ0n) is 11.3. The highest BCUT2D eigenvalue weighted by molar-refractivity contribution is 7.99. The van der Waals surface area contributed by atoms with Crippen molar-refractivity contribution in [3.05, 3.63) is 23.8 Å². The second-order valence-corrected chi connectivity index (χ2v) is 5.48. The maximum absolute atomic E-state index is 9.43. The van der Waals surface area contributed by atoms with Crippen molar-refractivity contribution in [1.29, 1.82) is 5.26 Å². The number of thioether (sulfide) groups is 1. The van der Waals surface area contributed by atoms with Gasteiger partial charge in [0.05, 0.1) is 5.69 Å². The van der Waals surface area contributed by atoms with Crippen LogP contribution in [0.25, 0.3) is 11.3 Å². The van der Waals surface area contributed by atoms with Gasteiger partial charge in [-0.3, -0.25) is 0 Å². The zero-order chi connectivity index (χ0) is 14.8. The van der Waals surface area contributed by atoms with Crippen molar-refractivity contribution in [3.63, 3.8) is 0 Å². The van der Waals surface area contributed by atoms with Gasteiger partial charge in [0.15, 0.2) is 11.5 Å². The lowest BCUT2D eigenvalue weighted by Crippen LogP contribution is -2.02. The van der Waals surface area contributed by atoms with Crippen LogP contribution in [0.15, 0.2) is 23.2 Å². The van der Waals surface area contributed by atoms with Gasteiger partial charge < -0.3 is 15.2 Å². The van der Waals surface area contributed by atoms with Crippen molar-refractivity contribution >= 4 is 17.7 Å². The number of nitrogens with two attached hydrogens (primary N) is 1. The lowest BCUT2D eigenvalue weighted by Gasteiger charge is -2.09. The third-order valence-electron chi connectivity index (χ3n) is 2.93. The Morgan fingerprint density at radius 1 is 1.33 bits per heavy atom. The van der Waals surface area contributed by atoms with E-state index in [4.69, 9.17) is 15.2 Å². The minimum Gasteiger partial charge on any atom is -0.454 e. The van der Waals surface area contributed by atoms with Crippen molar-refractivity contribution in [3.8, 4) is 28.8 Å². The number of benzene rings is 1. The van der Waals surface area contributed by atoms with E-state index in [0.29, 0.717) is 27.8 Å². The predicted octanol–water partition coefficient (Wildman–Crippen LogP) is 2.44. The van der Waals surface area contributed by atoms with Crippen molar-refractivity contribution in [2.24, 2.45) is 0 Å². The van der Waals surface area contributed by atoms with E-state index >= 15 is 0 Å². The molecule has 2 N–H and O–H groups in total. The third kappa shape index (κ3) is 2.45. The monoisotopic (exact) mass is 300 g/mol. The van der Waals surface area contributed by atoms with Crippen LogP contribution in [0.3, 0.4) is 0 Å². The number of rotatable bonds is 3. The van der Waals surface area contributed by atoms with E-state index in [0.717, 1.165) is 11.3 Å². The molecule has 0 bridgehead atoms. The number of ether oxygens (including phenoxy) is 2. The number of nitrogens with zero attached hydrogens (tertiary/aromatic N) is 3. The summed E-state index contributed by atoms with van der Waals surface area (Å²) in [7, 11) is 0. The quantitative estimate of drug-likeness (QED) is 0.687. The molecule has 0 saturated carbocycles. The molecule has 0 radical (unpaired) electrons. The van der Waals surface area contributed by atoms with Gasteiger partial charge in [0.25, 0.3) is 0 Å². The summed E-state index contributed by atoms with van der Waals surface area (Å²) in [6.07, 6.45) is 0. The minimum atomic E-state index is 0.151. The summed E-state index contributed by atoms with van der Waals surface area (Å²) in [5, 5.41) is 10.0. The molecule has 3 rings (SSSR count). The summed E-state index contributed by atoms with van der Waals surface area (Å²) in [5.41, 5.74) is 7.45. The van der Waals surface area contributed by atoms with E-state index in [2.05, 4.69) is 16.0 Å². The van der Waals surface area contributed by atoms with Crippen molar-refractivity contribution in [2.75, 3.05) is 18.3 Å². The van der Waals surface area contributed by atoms with Gasteiger partial charge in [-0.2, -0.15) is 5.26 Å². The molecule has 2 aromatic rings. The Morgan fingerprint density at radius 3 is 2.90 bits per heavy atom. The van der Waals surface area contributed by atoms with Crippen LogP contribution in [0.2, 0.25) is 0 Å². The number of nitriles is 1. The molecule has 0 unspecified atom stereocenters. The fourth-order valence-electron chi connectivity index (χ4n) is 2.05. The topological polar surface area (TPSA) is 94.1 Å². The molecule has 7 heteroatoms. The molecule has 1 aromatic carbocycles. The average molecular weight is 300 g/mol. The molecule has 0 aliphatic carbocycles. The lowest BCUT2D eigenvalue weighted by atomic mass is 10.1. The summed E-state index contributed by atoms with van der Waals surface area (Å²) < 4.78 is 10.6. The van der Waals surface area contributed by atoms with E-state index in [-0.39, 0.29) is 12.7 Å². The van der Waals surface area contributed by atoms with Gasteiger partial charge >= 0.3 is 0 Å². The first kappa shape index (κ1) is 13.5. The van der Waals surface area contributed by atoms with Crippen molar-refractivity contribution in [1.82, 2.24) is 9.97 Å². The number of aromatic nitrogens is 2. The molecule has 1 aliphatic heterocycles. The molecule has 1 aromatic heterocycles. The highest BCUT2D eigenvalue weighted by Gasteiger charge is 2.19. The van der Waals surface area contributed by atoms with Gasteiger partial charge in [0, 0.05) is 5.56 Å². The fourth-order valence-corrected chi connectivity index (χ4v) is 2.77. The first-order valence-electron chi connectivity index (χ1n) is 6.33. The fraction of sp³-hybridized carbons (Fsp3) is 0.214. The summed E-state index contributed by atoms with van der Waals surface area (Å²) in [6.45, 7) is 2.19. The first-order valence-corrected chi connectivity index (χ1v) is 7.32. The number of nitrogen functional groups attached to an aromatic ring is 1. The Hall–Kier alpha value is -2.46. The molecule has 1 aliphatic rings. The minimum absolute atomic E-state index is 0.151. The molecule has 6 nitrogen and oxygen atoms in total. The number of hydrogen-bond donors (Lipinski definition) is 1. The van der Waals surface area contributed by atoms with E-state index in [1.54, 1.807) is 12.1 Å². The van der Waals surface area contributed by atoms with Crippen LogP contribution in [-0.4, -0.2) is 22.5 Å². The van der Waals surface area contributed by atoms with Gasteiger partial charge in [-0.15, -0.1) is 11.8 Å². The smallest absolute Gasteiger partial charge is 0.231 e. The molecular weight excluding hydrogens is 288 g/mol. The Bertz CT molecular complexity index is 742. The molecule has 2 heterocycles. The van der Waals surface area contributed by atoms with Gasteiger partial charge in [-0.25, -0.2) is 9.97 Å². The standard InChI is InChI=1S/C14H12N4O2S/c1-2-21-13-9(6-15)12(17-14(16)18-13)8-3-4-10-11(5-8)20-7-19-10/h3-5H,2,7H2,1H3,(H2,16,17,18). The number of hydrogen-bond acceptors (Lipinski definition) is 7. The lowest BCUT2D eigenvalue weighted by molar-refractivity contribution is 0.174. The van der Waals surface area contributed by atoms with Crippen LogP contribution in [0.4, 0.5) is 5.95 Å². The van der Waals surface area contributed by atoms with Gasteiger partial charge in [-0.05, 0) is 24.0 Å². The Kier molecular flexibility index (Phi) is 3.54. The summed E-state index contributed by atoms with van der Waals surface area (Å²) >= 11 is 1.47. The first-order chi connectivity index (χ1) is 10.2. The van der Waals surface area contributed by atoms with Crippen LogP contribution in [-0.2, 0) is 0 Å². The van der Waals surface area contributed by atoms with Crippen LogP contribution < -0.4 is 15.2 Å². The molecule has 0 atom stereocenters. The van der Waals surface area contributed by atoms with E-state index in [1.807, 2.05) is 13.0 Å². The van der Waals surface area contributed by atoms with E-state index in [1.165, 1.54) is 11.8 Å². The van der Waals surface area contributed by atoms with Crippen LogP contribution in [0.1, 0.15) is 12.5 Å². The van der Waals surface area contributed by atoms with Gasteiger partial charge in [-0.1, -0.05) is 6.92 Å². The maximum Gasteiger partial charge on any atom is 0.231 e. The second kappa shape index (κ2) is 5.50. The zero-order valence-corrected chi connectivity index (χ0v) is 12.1. The largest absolute Gasteiger partial charge is 0.454 e. The Morgan fingerprint density at radius 2 is 2.14 bits per heavy atom. The van der Waals surface area contributed by atoms with Crippen LogP contribution in [0, 0.1) is 11.3 Å². The predicted molar refractivity (Wildman–Crippen MR) is 79.1 cm³/mol. The maximum atomic E-state index is 9.43. The summed E-state index contributed by atoms with van der Waals surface area (Å²) in [4.78, 5) is 8.36. The van der Waals surface area contributed by atoms with Crippen molar-refractivity contribution < 1.29 is 9.47 Å². The molecule has 0 amide bonds. The Labute approximate surface area is 125 Å². The molecule has 0 fully saturated rings. The third-order valence-corrected chi connectivity index (χ3v) is 3.79. The number of anilines is 1. The molecule has 0 spiro atoms. The van der Waals surface area contributed by atoms with Gasteiger partial charge in [0.2, 0.25) is 12.7 Å². The second-order valence-electron chi connectivity index (χ2n) is 4.22.